The lowest BCUT2D eigenvalue weighted by Gasteiger charge is -2.36. The summed E-state index contributed by atoms with van der Waals surface area (Å²) in [4.78, 5) is 2.16. The van der Waals surface area contributed by atoms with E-state index >= 15 is 0 Å². The molecule has 1 aromatic heterocycles. The van der Waals surface area contributed by atoms with Crippen molar-refractivity contribution in [1.82, 2.24) is 4.31 Å². The Morgan fingerprint density at radius 2 is 2.21 bits per heavy atom. The van der Waals surface area contributed by atoms with Crippen LogP contribution in [0.4, 0.5) is 0 Å². The normalized spacial score (nSPS) is 25.7. The van der Waals surface area contributed by atoms with Crippen molar-refractivity contribution < 1.29 is 18.3 Å². The fourth-order valence-electron chi connectivity index (χ4n) is 2.23. The lowest BCUT2D eigenvalue weighted by Crippen LogP contribution is -2.51. The molecular weight excluding hydrogens is 286 g/mol. The quantitative estimate of drug-likeness (QED) is 0.909. The maximum Gasteiger partial charge on any atom is 0.244 e. The minimum absolute atomic E-state index is 0.166. The van der Waals surface area contributed by atoms with Crippen molar-refractivity contribution in [3.63, 3.8) is 0 Å². The average Bonchev–Trinajstić information content (AvgIpc) is 2.69. The molecule has 1 N–H and O–H groups in total. The third-order valence-electron chi connectivity index (χ3n) is 3.23. The Hall–Kier alpha value is -0.470. The van der Waals surface area contributed by atoms with Crippen LogP contribution in [0.5, 0.6) is 0 Å². The maximum atomic E-state index is 12.7. The van der Waals surface area contributed by atoms with Crippen molar-refractivity contribution >= 4 is 21.4 Å². The first-order chi connectivity index (χ1) is 8.86. The van der Waals surface area contributed by atoms with E-state index in [1.54, 1.807) is 6.07 Å². The van der Waals surface area contributed by atoms with Gasteiger partial charge < -0.3 is 9.84 Å². The first-order valence-electron chi connectivity index (χ1n) is 6.17. The van der Waals surface area contributed by atoms with Gasteiger partial charge in [0, 0.05) is 22.3 Å². The molecule has 2 rings (SSSR count). The molecule has 0 aliphatic carbocycles. The van der Waals surface area contributed by atoms with Gasteiger partial charge in [-0.25, -0.2) is 8.42 Å². The van der Waals surface area contributed by atoms with Crippen LogP contribution in [0.2, 0.25) is 0 Å². The first kappa shape index (κ1) is 14.9. The van der Waals surface area contributed by atoms with E-state index in [1.807, 2.05) is 20.8 Å². The van der Waals surface area contributed by atoms with Crippen LogP contribution in [0.1, 0.15) is 16.7 Å². The highest BCUT2D eigenvalue weighted by atomic mass is 32.2. The van der Waals surface area contributed by atoms with Crippen molar-refractivity contribution in [2.45, 2.75) is 37.8 Å². The van der Waals surface area contributed by atoms with Crippen molar-refractivity contribution in [1.29, 1.82) is 0 Å². The topological polar surface area (TPSA) is 66.8 Å². The fraction of sp³-hybridized carbons (Fsp3) is 0.667. The van der Waals surface area contributed by atoms with Gasteiger partial charge in [0.05, 0.1) is 24.2 Å². The largest absolute Gasteiger partial charge is 0.394 e. The number of nitrogens with zero attached hydrogens (tertiary/aromatic N) is 1. The van der Waals surface area contributed by atoms with E-state index in [4.69, 9.17) is 9.84 Å². The molecule has 1 aliphatic rings. The summed E-state index contributed by atoms with van der Waals surface area (Å²) >= 11 is 1.48. The Balaban J connectivity index is 2.35. The van der Waals surface area contributed by atoms with Crippen molar-refractivity contribution in [3.05, 3.63) is 15.8 Å². The second kappa shape index (κ2) is 5.49. The van der Waals surface area contributed by atoms with Crippen LogP contribution in [0.3, 0.4) is 0 Å². The number of ether oxygens (including phenoxy) is 1. The van der Waals surface area contributed by atoms with Crippen LogP contribution in [-0.4, -0.2) is 49.7 Å². The molecule has 0 amide bonds. The number of aliphatic hydroxyl groups is 1. The Morgan fingerprint density at radius 1 is 1.53 bits per heavy atom. The van der Waals surface area contributed by atoms with Crippen LogP contribution < -0.4 is 0 Å². The van der Waals surface area contributed by atoms with E-state index in [0.717, 1.165) is 9.75 Å². The van der Waals surface area contributed by atoms with Gasteiger partial charge in [0.2, 0.25) is 10.0 Å². The molecule has 19 heavy (non-hydrogen) atoms. The molecule has 7 heteroatoms. The van der Waals surface area contributed by atoms with Gasteiger partial charge in [-0.05, 0) is 26.8 Å². The highest BCUT2D eigenvalue weighted by Gasteiger charge is 2.36. The standard InChI is InChI=1S/C12H19NO4S2/c1-8-7-17-11(6-14)5-13(8)19(15,16)12-4-9(2)18-10(12)3/h4,8,11,14H,5-7H2,1-3H3. The zero-order valence-corrected chi connectivity index (χ0v) is 12.9. The summed E-state index contributed by atoms with van der Waals surface area (Å²) in [5.74, 6) is 0. The lowest BCUT2D eigenvalue weighted by molar-refractivity contribution is -0.0516. The molecular formula is C12H19NO4S2. The minimum atomic E-state index is -3.51. The van der Waals surface area contributed by atoms with Crippen molar-refractivity contribution in [2.75, 3.05) is 19.8 Å². The Labute approximate surface area is 117 Å². The molecule has 0 aromatic carbocycles. The number of rotatable bonds is 3. The van der Waals surface area contributed by atoms with Gasteiger partial charge in [0.1, 0.15) is 0 Å². The Bertz CT molecular complexity index is 552. The fourth-order valence-corrected chi connectivity index (χ4v) is 5.40. The minimum Gasteiger partial charge on any atom is -0.394 e. The van der Waals surface area contributed by atoms with Crippen molar-refractivity contribution in [2.24, 2.45) is 0 Å². The number of hydrogen-bond acceptors (Lipinski definition) is 5. The van der Waals surface area contributed by atoms with Crippen LogP contribution in [0.15, 0.2) is 11.0 Å². The number of hydrogen-bond donors (Lipinski definition) is 1. The molecule has 0 radical (unpaired) electrons. The summed E-state index contributed by atoms with van der Waals surface area (Å²) < 4.78 is 32.2. The predicted molar refractivity (Wildman–Crippen MR) is 74.0 cm³/mol. The van der Waals surface area contributed by atoms with Gasteiger partial charge in [-0.3, -0.25) is 0 Å². The van der Waals surface area contributed by atoms with E-state index < -0.39 is 16.1 Å². The maximum absolute atomic E-state index is 12.7. The van der Waals surface area contributed by atoms with Gasteiger partial charge in [-0.2, -0.15) is 4.31 Å². The lowest BCUT2D eigenvalue weighted by atomic mass is 10.2. The van der Waals surface area contributed by atoms with Gasteiger partial charge in [-0.15, -0.1) is 11.3 Å². The van der Waals surface area contributed by atoms with Crippen LogP contribution in [-0.2, 0) is 14.8 Å². The summed E-state index contributed by atoms with van der Waals surface area (Å²) in [5.41, 5.74) is 0. The molecule has 2 atom stereocenters. The van der Waals surface area contributed by atoms with E-state index in [1.165, 1.54) is 15.6 Å². The molecule has 1 fully saturated rings. The zero-order chi connectivity index (χ0) is 14.2. The highest BCUT2D eigenvalue weighted by Crippen LogP contribution is 2.30. The van der Waals surface area contributed by atoms with E-state index in [-0.39, 0.29) is 19.2 Å². The van der Waals surface area contributed by atoms with Crippen LogP contribution >= 0.6 is 11.3 Å². The van der Waals surface area contributed by atoms with Crippen molar-refractivity contribution in [3.8, 4) is 0 Å². The molecule has 1 saturated heterocycles. The highest BCUT2D eigenvalue weighted by molar-refractivity contribution is 7.89. The van der Waals surface area contributed by atoms with Gasteiger partial charge in [-0.1, -0.05) is 0 Å². The van der Waals surface area contributed by atoms with Crippen LogP contribution in [0, 0.1) is 13.8 Å². The molecule has 0 bridgehead atoms. The zero-order valence-electron chi connectivity index (χ0n) is 11.3. The molecule has 108 valence electrons. The van der Waals surface area contributed by atoms with Gasteiger partial charge >= 0.3 is 0 Å². The monoisotopic (exact) mass is 305 g/mol. The number of aliphatic hydroxyl groups excluding tert-OH is 1. The van der Waals surface area contributed by atoms with E-state index in [0.29, 0.717) is 11.5 Å². The molecule has 0 saturated carbocycles. The Morgan fingerprint density at radius 3 is 2.74 bits per heavy atom. The molecule has 2 unspecified atom stereocenters. The summed E-state index contributed by atoms with van der Waals surface area (Å²) in [6.07, 6.45) is -0.439. The molecule has 2 heterocycles. The molecule has 1 aromatic rings. The number of morpholine rings is 1. The summed E-state index contributed by atoms with van der Waals surface area (Å²) in [5, 5.41) is 9.15. The van der Waals surface area contributed by atoms with E-state index in [9.17, 15) is 8.42 Å². The summed E-state index contributed by atoms with van der Waals surface area (Å²) in [6, 6.07) is 1.50. The van der Waals surface area contributed by atoms with Crippen LogP contribution in [0.25, 0.3) is 0 Å². The second-order valence-corrected chi connectivity index (χ2v) is 8.16. The predicted octanol–water partition coefficient (Wildman–Crippen LogP) is 1.14. The number of sulfonamides is 1. The second-order valence-electron chi connectivity index (χ2n) is 4.84. The summed E-state index contributed by atoms with van der Waals surface area (Å²) in [6.45, 7) is 5.89. The SMILES string of the molecule is Cc1cc(S(=O)(=O)N2CC(CO)OCC2C)c(C)s1. The van der Waals surface area contributed by atoms with E-state index in [2.05, 4.69) is 0 Å². The molecule has 1 aliphatic heterocycles. The van der Waals surface area contributed by atoms with Gasteiger partial charge in [0.25, 0.3) is 0 Å². The number of thiophene rings is 1. The first-order valence-corrected chi connectivity index (χ1v) is 8.43. The third kappa shape index (κ3) is 2.85. The average molecular weight is 305 g/mol. The Kier molecular flexibility index (Phi) is 4.32. The number of aryl methyl sites for hydroxylation is 2. The molecule has 5 nitrogen and oxygen atoms in total. The smallest absolute Gasteiger partial charge is 0.244 e. The molecule has 0 spiro atoms. The third-order valence-corrected chi connectivity index (χ3v) is 6.44. The van der Waals surface area contributed by atoms with Gasteiger partial charge in [0.15, 0.2) is 0 Å². The summed E-state index contributed by atoms with van der Waals surface area (Å²) in [7, 11) is -3.51.